The van der Waals surface area contributed by atoms with E-state index in [2.05, 4.69) is 10.4 Å². The number of nitrogens with one attached hydrogen (secondary N) is 1. The van der Waals surface area contributed by atoms with E-state index in [0.717, 1.165) is 6.42 Å². The number of amides is 1. The molecule has 1 aliphatic heterocycles. The second-order valence-corrected chi connectivity index (χ2v) is 4.31. The molecule has 2 rings (SSSR count). The summed E-state index contributed by atoms with van der Waals surface area (Å²) in [6.45, 7) is 2.74. The average Bonchev–Trinajstić information content (AvgIpc) is 2.69. The molecular weight excluding hydrogens is 229 g/mol. The Morgan fingerprint density at radius 3 is 2.94 bits per heavy atom. The Kier molecular flexibility index (Phi) is 5.00. The van der Waals surface area contributed by atoms with Crippen LogP contribution in [0.2, 0.25) is 0 Å². The summed E-state index contributed by atoms with van der Waals surface area (Å²) in [5.74, 6) is -0.989. The van der Waals surface area contributed by atoms with Gasteiger partial charge in [-0.15, -0.1) is 0 Å². The average molecular weight is 243 g/mol. The fourth-order valence-corrected chi connectivity index (χ4v) is 2.13. The van der Waals surface area contributed by atoms with E-state index in [1.54, 1.807) is 4.68 Å². The molecule has 0 radical (unpaired) electrons. The number of nitrogens with zero attached hydrogens (tertiary/aromatic N) is 2. The third-order valence-corrected chi connectivity index (χ3v) is 3.04. The van der Waals surface area contributed by atoms with Crippen molar-refractivity contribution >= 4 is 11.9 Å². The molecule has 92 valence electrons. The molecule has 0 fully saturated rings. The van der Waals surface area contributed by atoms with E-state index in [4.69, 9.17) is 0 Å². The maximum absolute atomic E-state index is 10.9. The molecule has 0 saturated carbocycles. The topological polar surface area (TPSA) is 87.0 Å². The van der Waals surface area contributed by atoms with Crippen LogP contribution in [0.25, 0.3) is 0 Å². The number of aryl methyl sites for hydroxylation is 1. The van der Waals surface area contributed by atoms with Crippen molar-refractivity contribution in [3.8, 4) is 0 Å². The second kappa shape index (κ2) is 6.07. The predicted octanol–water partition coefficient (Wildman–Crippen LogP) is -4.05. The van der Waals surface area contributed by atoms with Crippen molar-refractivity contribution < 1.29 is 33.6 Å². The Morgan fingerprint density at radius 2 is 2.33 bits per heavy atom. The minimum atomic E-state index is -1.19. The Hall–Kier alpha value is -1.25. The molecule has 18 heavy (non-hydrogen) atoms. The molecule has 1 unspecified atom stereocenters. The molecule has 0 aliphatic carbocycles. The van der Waals surface area contributed by atoms with Crippen LogP contribution in [0.1, 0.15) is 29.4 Å². The molecule has 0 saturated heterocycles. The molecule has 1 N–H and O–H groups in total. The molecule has 7 heteroatoms. The first kappa shape index (κ1) is 14.8. The first-order chi connectivity index (χ1) is 8.08. The number of carboxylic acids is 1. The first-order valence-corrected chi connectivity index (χ1v) is 5.58. The van der Waals surface area contributed by atoms with Gasteiger partial charge < -0.3 is 15.2 Å². The van der Waals surface area contributed by atoms with Crippen molar-refractivity contribution in [3.05, 3.63) is 17.5 Å². The summed E-state index contributed by atoms with van der Waals surface area (Å²) in [6, 6.07) is 0. The van der Waals surface area contributed by atoms with Gasteiger partial charge in [0.15, 0.2) is 0 Å². The normalized spacial score (nSPS) is 17.5. The fraction of sp³-hybridized carbons (Fsp3) is 0.545. The molecule has 0 bridgehead atoms. The van der Waals surface area contributed by atoms with Crippen LogP contribution in [0.3, 0.4) is 0 Å². The van der Waals surface area contributed by atoms with Crippen LogP contribution < -0.4 is 29.3 Å². The van der Waals surface area contributed by atoms with Gasteiger partial charge in [0.25, 0.3) is 0 Å². The molecule has 0 aromatic carbocycles. The van der Waals surface area contributed by atoms with Crippen molar-refractivity contribution in [1.82, 2.24) is 15.1 Å². The Morgan fingerprint density at radius 1 is 1.61 bits per heavy atom. The molecule has 1 amide bonds. The maximum Gasteiger partial charge on any atom is 1.00 e. The van der Waals surface area contributed by atoms with Gasteiger partial charge in [0.05, 0.1) is 12.2 Å². The molecular formula is C11H14LiN3O3. The summed E-state index contributed by atoms with van der Waals surface area (Å²) in [7, 11) is 0. The number of carboxylic acid groups (broad SMARTS) is 1. The summed E-state index contributed by atoms with van der Waals surface area (Å²) >= 11 is 0. The summed E-state index contributed by atoms with van der Waals surface area (Å²) < 4.78 is 1.70. The zero-order chi connectivity index (χ0) is 12.4. The van der Waals surface area contributed by atoms with Crippen molar-refractivity contribution in [3.63, 3.8) is 0 Å². The largest absolute Gasteiger partial charge is 1.00 e. The Labute approximate surface area is 117 Å². The molecule has 1 aromatic heterocycles. The van der Waals surface area contributed by atoms with Gasteiger partial charge in [0.1, 0.15) is 0 Å². The van der Waals surface area contributed by atoms with Gasteiger partial charge in [-0.25, -0.2) is 0 Å². The molecule has 1 aromatic rings. The minimum Gasteiger partial charge on any atom is -0.545 e. The number of carbonyl (C=O) groups excluding carboxylic acids is 2. The summed E-state index contributed by atoms with van der Waals surface area (Å²) in [6.07, 6.45) is 2.84. The van der Waals surface area contributed by atoms with Gasteiger partial charge in [-0.2, -0.15) is 5.10 Å². The minimum absolute atomic E-state index is 0. The van der Waals surface area contributed by atoms with Crippen LogP contribution in [0, 0.1) is 5.92 Å². The van der Waals surface area contributed by atoms with E-state index >= 15 is 0 Å². The number of hydrogen-bond acceptors (Lipinski definition) is 4. The van der Waals surface area contributed by atoms with Crippen molar-refractivity contribution in [2.45, 2.75) is 26.3 Å². The third kappa shape index (κ3) is 3.15. The number of aromatic carboxylic acids is 1. The van der Waals surface area contributed by atoms with E-state index in [1.165, 1.54) is 13.1 Å². The molecule has 0 spiro atoms. The van der Waals surface area contributed by atoms with Gasteiger partial charge in [-0.3, -0.25) is 9.48 Å². The van der Waals surface area contributed by atoms with Gasteiger partial charge >= 0.3 is 18.9 Å². The number of hydrogen-bond donors (Lipinski definition) is 1. The number of aromatic nitrogens is 2. The Balaban J connectivity index is 0.00000162. The molecule has 1 aliphatic rings. The van der Waals surface area contributed by atoms with E-state index in [0.29, 0.717) is 25.2 Å². The Bertz CT molecular complexity index is 458. The van der Waals surface area contributed by atoms with E-state index < -0.39 is 5.97 Å². The summed E-state index contributed by atoms with van der Waals surface area (Å²) in [5, 5.41) is 17.6. The van der Waals surface area contributed by atoms with Crippen LogP contribution in [-0.2, 0) is 17.8 Å². The number of rotatable bonds is 3. The van der Waals surface area contributed by atoms with Crippen molar-refractivity contribution in [2.75, 3.05) is 6.54 Å². The van der Waals surface area contributed by atoms with Crippen LogP contribution in [-0.4, -0.2) is 28.2 Å². The van der Waals surface area contributed by atoms with E-state index in [-0.39, 0.29) is 36.2 Å². The van der Waals surface area contributed by atoms with Gasteiger partial charge in [-0.05, 0) is 18.8 Å². The number of carbonyl (C=O) groups is 2. The fourth-order valence-electron chi connectivity index (χ4n) is 2.13. The molecule has 1 atom stereocenters. The van der Waals surface area contributed by atoms with Gasteiger partial charge in [0.2, 0.25) is 5.91 Å². The van der Waals surface area contributed by atoms with Crippen LogP contribution in [0.5, 0.6) is 0 Å². The van der Waals surface area contributed by atoms with Crippen LogP contribution in [0.15, 0.2) is 6.20 Å². The van der Waals surface area contributed by atoms with Gasteiger partial charge in [-0.1, -0.05) is 0 Å². The predicted molar refractivity (Wildman–Crippen MR) is 57.1 cm³/mol. The first-order valence-electron chi connectivity index (χ1n) is 5.58. The van der Waals surface area contributed by atoms with Gasteiger partial charge in [0, 0.05) is 31.3 Å². The SMILES string of the molecule is CC(=O)NCC1CCn2ncc(C(=O)[O-])c2C1.[Li+]. The van der Waals surface area contributed by atoms with Crippen LogP contribution >= 0.6 is 0 Å². The summed E-state index contributed by atoms with van der Waals surface area (Å²) in [5.41, 5.74) is 0.865. The standard InChI is InChI=1S/C11H15N3O3.Li/c1-7(15)12-5-8-2-3-14-10(4-8)9(6-13-14)11(16)17;/h6,8H,2-5H2,1H3,(H,12,15)(H,16,17);/q;+1/p-1. The van der Waals surface area contributed by atoms with E-state index in [1.807, 2.05) is 0 Å². The molecule has 6 nitrogen and oxygen atoms in total. The zero-order valence-electron chi connectivity index (χ0n) is 10.6. The number of fused-ring (bicyclic) bond motifs is 1. The monoisotopic (exact) mass is 243 g/mol. The zero-order valence-corrected chi connectivity index (χ0v) is 10.6. The second-order valence-electron chi connectivity index (χ2n) is 4.31. The maximum atomic E-state index is 10.9. The third-order valence-electron chi connectivity index (χ3n) is 3.04. The quantitative estimate of drug-likeness (QED) is 0.547. The van der Waals surface area contributed by atoms with Crippen LogP contribution in [0.4, 0.5) is 0 Å². The summed E-state index contributed by atoms with van der Waals surface area (Å²) in [4.78, 5) is 21.7. The van der Waals surface area contributed by atoms with Crippen molar-refractivity contribution in [1.29, 1.82) is 0 Å². The smallest absolute Gasteiger partial charge is 0.545 e. The molecule has 2 heterocycles. The van der Waals surface area contributed by atoms with E-state index in [9.17, 15) is 14.7 Å². The van der Waals surface area contributed by atoms with Crippen molar-refractivity contribution in [2.24, 2.45) is 5.92 Å².